The Kier molecular flexibility index (Phi) is 3.97. The minimum Gasteiger partial charge on any atom is -0.307 e. The quantitative estimate of drug-likeness (QED) is 0.771. The van der Waals surface area contributed by atoms with E-state index >= 15 is 0 Å². The lowest BCUT2D eigenvalue weighted by Gasteiger charge is -2.08. The molecule has 0 aliphatic rings. The van der Waals surface area contributed by atoms with Gasteiger partial charge in [-0.25, -0.2) is 4.39 Å². The summed E-state index contributed by atoms with van der Waals surface area (Å²) in [5, 5.41) is 2.97. The van der Waals surface area contributed by atoms with Crippen LogP contribution in [0, 0.1) is 12.7 Å². The zero-order valence-electron chi connectivity index (χ0n) is 9.30. The molecule has 15 heavy (non-hydrogen) atoms. The van der Waals surface area contributed by atoms with Crippen molar-refractivity contribution >= 4 is 5.78 Å². The molecule has 0 saturated heterocycles. The highest BCUT2D eigenvalue weighted by molar-refractivity contribution is 5.98. The van der Waals surface area contributed by atoms with Gasteiger partial charge in [-0.3, -0.25) is 4.79 Å². The molecular formula is C12H16FNO. The number of aryl methyl sites for hydroxylation is 1. The summed E-state index contributed by atoms with van der Waals surface area (Å²) < 4.78 is 13.3. The molecule has 2 nitrogen and oxygen atoms in total. The zero-order chi connectivity index (χ0) is 11.4. The van der Waals surface area contributed by atoms with Gasteiger partial charge >= 0.3 is 0 Å². The molecule has 0 aliphatic heterocycles. The Hall–Kier alpha value is -1.22. The summed E-state index contributed by atoms with van der Waals surface area (Å²) in [7, 11) is 0. The number of halogens is 1. The van der Waals surface area contributed by atoms with Gasteiger partial charge in [-0.05, 0) is 19.1 Å². The zero-order valence-corrected chi connectivity index (χ0v) is 9.30. The first-order chi connectivity index (χ1) is 7.00. The molecule has 0 spiro atoms. The van der Waals surface area contributed by atoms with E-state index in [1.807, 2.05) is 20.8 Å². The third-order valence-electron chi connectivity index (χ3n) is 2.09. The standard InChI is InChI=1S/C12H16FNO/c1-8(2)14-7-12(15)10-6-9(3)4-5-11(10)13/h4-6,8,14H,7H2,1-3H3. The molecule has 1 aromatic carbocycles. The number of carbonyl (C=O) groups is 1. The fourth-order valence-corrected chi connectivity index (χ4v) is 1.24. The van der Waals surface area contributed by atoms with Crippen LogP contribution in [-0.4, -0.2) is 18.4 Å². The summed E-state index contributed by atoms with van der Waals surface area (Å²) in [4.78, 5) is 11.6. The van der Waals surface area contributed by atoms with Crippen molar-refractivity contribution in [3.8, 4) is 0 Å². The maximum Gasteiger partial charge on any atom is 0.179 e. The largest absolute Gasteiger partial charge is 0.307 e. The molecule has 0 aromatic heterocycles. The average Bonchev–Trinajstić information content (AvgIpc) is 2.18. The number of carbonyl (C=O) groups excluding carboxylic acids is 1. The van der Waals surface area contributed by atoms with Crippen LogP contribution in [0.1, 0.15) is 29.8 Å². The van der Waals surface area contributed by atoms with Crippen LogP contribution >= 0.6 is 0 Å². The predicted molar refractivity (Wildman–Crippen MR) is 58.6 cm³/mol. The Bertz CT molecular complexity index is 361. The van der Waals surface area contributed by atoms with Gasteiger partial charge in [0.15, 0.2) is 5.78 Å². The van der Waals surface area contributed by atoms with E-state index in [1.54, 1.807) is 12.1 Å². The molecule has 0 fully saturated rings. The fraction of sp³-hybridized carbons (Fsp3) is 0.417. The lowest BCUT2D eigenvalue weighted by Crippen LogP contribution is -2.29. The highest BCUT2D eigenvalue weighted by Crippen LogP contribution is 2.10. The Morgan fingerprint density at radius 2 is 2.13 bits per heavy atom. The van der Waals surface area contributed by atoms with Crippen LogP contribution < -0.4 is 5.32 Å². The number of rotatable bonds is 4. The van der Waals surface area contributed by atoms with Crippen LogP contribution in [-0.2, 0) is 0 Å². The van der Waals surface area contributed by atoms with Crippen LogP contribution in [0.4, 0.5) is 4.39 Å². The van der Waals surface area contributed by atoms with Crippen molar-refractivity contribution in [2.75, 3.05) is 6.54 Å². The molecule has 0 aliphatic carbocycles. The highest BCUT2D eigenvalue weighted by atomic mass is 19.1. The van der Waals surface area contributed by atoms with Crippen molar-refractivity contribution in [2.24, 2.45) is 0 Å². The Balaban J connectivity index is 2.77. The fourth-order valence-electron chi connectivity index (χ4n) is 1.24. The van der Waals surface area contributed by atoms with Gasteiger partial charge in [-0.2, -0.15) is 0 Å². The number of hydrogen-bond donors (Lipinski definition) is 1. The lowest BCUT2D eigenvalue weighted by atomic mass is 10.1. The number of nitrogens with one attached hydrogen (secondary N) is 1. The van der Waals surface area contributed by atoms with Crippen molar-refractivity contribution in [1.29, 1.82) is 0 Å². The van der Waals surface area contributed by atoms with Crippen LogP contribution in [0.2, 0.25) is 0 Å². The van der Waals surface area contributed by atoms with Crippen LogP contribution in [0.25, 0.3) is 0 Å². The first-order valence-electron chi connectivity index (χ1n) is 5.03. The normalized spacial score (nSPS) is 10.7. The second-order valence-corrected chi connectivity index (χ2v) is 3.94. The lowest BCUT2D eigenvalue weighted by molar-refractivity contribution is 0.0984. The topological polar surface area (TPSA) is 29.1 Å². The van der Waals surface area contributed by atoms with Crippen LogP contribution in [0.5, 0.6) is 0 Å². The molecule has 0 atom stereocenters. The molecule has 3 heteroatoms. The van der Waals surface area contributed by atoms with Crippen molar-refractivity contribution < 1.29 is 9.18 Å². The second kappa shape index (κ2) is 5.03. The summed E-state index contributed by atoms with van der Waals surface area (Å²) in [5.74, 6) is -0.652. The van der Waals surface area contributed by atoms with E-state index in [-0.39, 0.29) is 23.9 Å². The first-order valence-corrected chi connectivity index (χ1v) is 5.03. The third-order valence-corrected chi connectivity index (χ3v) is 2.09. The molecule has 0 saturated carbocycles. The molecule has 1 N–H and O–H groups in total. The smallest absolute Gasteiger partial charge is 0.179 e. The minimum absolute atomic E-state index is 0.170. The van der Waals surface area contributed by atoms with Gasteiger partial charge < -0.3 is 5.32 Å². The van der Waals surface area contributed by atoms with Gasteiger partial charge in [0.1, 0.15) is 5.82 Å². The van der Waals surface area contributed by atoms with E-state index in [9.17, 15) is 9.18 Å². The van der Waals surface area contributed by atoms with E-state index in [0.29, 0.717) is 0 Å². The second-order valence-electron chi connectivity index (χ2n) is 3.94. The minimum atomic E-state index is -0.448. The summed E-state index contributed by atoms with van der Waals surface area (Å²) in [5.41, 5.74) is 1.06. The summed E-state index contributed by atoms with van der Waals surface area (Å²) >= 11 is 0. The Morgan fingerprint density at radius 3 is 2.73 bits per heavy atom. The molecule has 1 rings (SSSR count). The Labute approximate surface area is 89.5 Å². The average molecular weight is 209 g/mol. The number of hydrogen-bond acceptors (Lipinski definition) is 2. The summed E-state index contributed by atoms with van der Waals surface area (Å²) in [6.07, 6.45) is 0. The van der Waals surface area contributed by atoms with Gasteiger partial charge in [0.2, 0.25) is 0 Å². The maximum atomic E-state index is 13.3. The summed E-state index contributed by atoms with van der Waals surface area (Å²) in [6, 6.07) is 4.79. The molecule has 0 amide bonds. The Morgan fingerprint density at radius 1 is 1.47 bits per heavy atom. The molecule has 0 bridgehead atoms. The predicted octanol–water partition coefficient (Wildman–Crippen LogP) is 2.31. The third kappa shape index (κ3) is 3.44. The maximum absolute atomic E-state index is 13.3. The van der Waals surface area contributed by atoms with Gasteiger partial charge in [0.05, 0.1) is 12.1 Å². The van der Waals surface area contributed by atoms with Crippen molar-refractivity contribution in [1.82, 2.24) is 5.32 Å². The van der Waals surface area contributed by atoms with Crippen molar-refractivity contribution in [2.45, 2.75) is 26.8 Å². The van der Waals surface area contributed by atoms with E-state index < -0.39 is 5.82 Å². The number of benzene rings is 1. The SMILES string of the molecule is Cc1ccc(F)c(C(=O)CNC(C)C)c1. The van der Waals surface area contributed by atoms with Gasteiger partial charge in [0, 0.05) is 6.04 Å². The van der Waals surface area contributed by atoms with Crippen molar-refractivity contribution in [3.63, 3.8) is 0 Å². The van der Waals surface area contributed by atoms with E-state index in [4.69, 9.17) is 0 Å². The first kappa shape index (κ1) is 11.9. The van der Waals surface area contributed by atoms with E-state index in [1.165, 1.54) is 6.07 Å². The highest BCUT2D eigenvalue weighted by Gasteiger charge is 2.11. The number of Topliss-reactive ketones (excluding diaryl/α,β-unsaturated/α-hetero) is 1. The molecule has 0 unspecified atom stereocenters. The summed E-state index contributed by atoms with van der Waals surface area (Å²) in [6.45, 7) is 5.91. The van der Waals surface area contributed by atoms with Gasteiger partial charge in [-0.1, -0.05) is 25.5 Å². The molecule has 0 heterocycles. The molecular weight excluding hydrogens is 193 g/mol. The molecule has 1 aromatic rings. The van der Waals surface area contributed by atoms with Crippen LogP contribution in [0.15, 0.2) is 18.2 Å². The van der Waals surface area contributed by atoms with Gasteiger partial charge in [0.25, 0.3) is 0 Å². The van der Waals surface area contributed by atoms with Gasteiger partial charge in [-0.15, -0.1) is 0 Å². The monoisotopic (exact) mass is 209 g/mol. The number of ketones is 1. The molecule has 82 valence electrons. The van der Waals surface area contributed by atoms with Crippen LogP contribution in [0.3, 0.4) is 0 Å². The van der Waals surface area contributed by atoms with E-state index in [2.05, 4.69) is 5.32 Å². The van der Waals surface area contributed by atoms with E-state index in [0.717, 1.165) is 5.56 Å². The molecule has 0 radical (unpaired) electrons. The van der Waals surface area contributed by atoms with Crippen molar-refractivity contribution in [3.05, 3.63) is 35.1 Å².